The van der Waals surface area contributed by atoms with Crippen LogP contribution in [-0.4, -0.2) is 53.3 Å². The number of para-hydroxylation sites is 2. The van der Waals surface area contributed by atoms with Crippen molar-refractivity contribution >= 4 is 46.1 Å². The number of carbonyl (C=O) groups is 2. The molecule has 4 rings (SSSR count). The molecule has 2 aromatic carbocycles. The van der Waals surface area contributed by atoms with Gasteiger partial charge >= 0.3 is 0 Å². The minimum Gasteiger partial charge on any atom is -0.492 e. The highest BCUT2D eigenvalue weighted by molar-refractivity contribution is 7.80. The van der Waals surface area contributed by atoms with E-state index in [1.54, 1.807) is 13.2 Å². The summed E-state index contributed by atoms with van der Waals surface area (Å²) in [7, 11) is 1.54. The zero-order valence-electron chi connectivity index (χ0n) is 17.6. The molecule has 1 aliphatic rings. The van der Waals surface area contributed by atoms with Crippen molar-refractivity contribution in [2.75, 3.05) is 26.9 Å². The number of ether oxygens (including phenoxy) is 2. The van der Waals surface area contributed by atoms with Crippen molar-refractivity contribution in [2.24, 2.45) is 0 Å². The third-order valence-electron chi connectivity index (χ3n) is 5.17. The van der Waals surface area contributed by atoms with Gasteiger partial charge in [0.25, 0.3) is 11.8 Å². The molecule has 1 aliphatic heterocycles. The van der Waals surface area contributed by atoms with Crippen LogP contribution in [-0.2, 0) is 20.9 Å². The lowest BCUT2D eigenvalue weighted by atomic mass is 10.1. The first-order valence-corrected chi connectivity index (χ1v) is 10.6. The summed E-state index contributed by atoms with van der Waals surface area (Å²) in [5.41, 5.74) is 1.81. The van der Waals surface area contributed by atoms with Crippen molar-refractivity contribution in [1.29, 1.82) is 0 Å². The molecule has 0 unspecified atom stereocenters. The first kappa shape index (κ1) is 21.7. The fraction of sp³-hybridized carbons (Fsp3) is 0.208. The highest BCUT2D eigenvalue weighted by atomic mass is 32.1. The van der Waals surface area contributed by atoms with Gasteiger partial charge in [-0.3, -0.25) is 19.8 Å². The van der Waals surface area contributed by atoms with E-state index in [1.807, 2.05) is 60.8 Å². The third-order valence-corrected chi connectivity index (χ3v) is 5.49. The Morgan fingerprint density at radius 3 is 2.53 bits per heavy atom. The molecule has 1 aromatic heterocycles. The summed E-state index contributed by atoms with van der Waals surface area (Å²) in [5.74, 6) is -0.124. The molecule has 7 nitrogen and oxygen atoms in total. The predicted octanol–water partition coefficient (Wildman–Crippen LogP) is 2.99. The third kappa shape index (κ3) is 4.56. The van der Waals surface area contributed by atoms with Gasteiger partial charge in [-0.1, -0.05) is 36.4 Å². The number of aromatic nitrogens is 1. The molecule has 0 saturated carbocycles. The predicted molar refractivity (Wildman–Crippen MR) is 126 cm³/mol. The SMILES string of the molecule is COCCN1C(=O)/C(=C/c2cn(CCOc3ccccc3)c3ccccc23)C(=O)NC1=S. The van der Waals surface area contributed by atoms with Crippen LogP contribution in [0.3, 0.4) is 0 Å². The van der Waals surface area contributed by atoms with Gasteiger partial charge in [0.2, 0.25) is 0 Å². The van der Waals surface area contributed by atoms with Gasteiger partial charge in [0.05, 0.1) is 19.7 Å². The number of carbonyl (C=O) groups excluding carboxylic acids is 2. The number of fused-ring (bicyclic) bond motifs is 1. The molecule has 0 bridgehead atoms. The van der Waals surface area contributed by atoms with E-state index in [9.17, 15) is 9.59 Å². The van der Waals surface area contributed by atoms with Crippen molar-refractivity contribution in [3.05, 3.63) is 71.9 Å². The quantitative estimate of drug-likeness (QED) is 0.325. The molecule has 3 aromatic rings. The Labute approximate surface area is 191 Å². The second-order valence-electron chi connectivity index (χ2n) is 7.22. The van der Waals surface area contributed by atoms with Gasteiger partial charge in [0, 0.05) is 29.8 Å². The summed E-state index contributed by atoms with van der Waals surface area (Å²) in [6.07, 6.45) is 3.55. The number of amides is 2. The van der Waals surface area contributed by atoms with Crippen molar-refractivity contribution < 1.29 is 19.1 Å². The highest BCUT2D eigenvalue weighted by Crippen LogP contribution is 2.25. The van der Waals surface area contributed by atoms with Crippen LogP contribution >= 0.6 is 12.2 Å². The van der Waals surface area contributed by atoms with E-state index < -0.39 is 11.8 Å². The molecular formula is C24H23N3O4S. The van der Waals surface area contributed by atoms with Crippen LogP contribution in [0.2, 0.25) is 0 Å². The van der Waals surface area contributed by atoms with E-state index in [2.05, 4.69) is 9.88 Å². The Morgan fingerprint density at radius 2 is 1.75 bits per heavy atom. The number of benzene rings is 2. The van der Waals surface area contributed by atoms with E-state index >= 15 is 0 Å². The van der Waals surface area contributed by atoms with Crippen molar-refractivity contribution in [1.82, 2.24) is 14.8 Å². The van der Waals surface area contributed by atoms with Gasteiger partial charge in [0.1, 0.15) is 17.9 Å². The maximum Gasteiger partial charge on any atom is 0.265 e. The summed E-state index contributed by atoms with van der Waals surface area (Å²) in [5, 5.41) is 3.63. The number of rotatable bonds is 8. The summed E-state index contributed by atoms with van der Waals surface area (Å²) < 4.78 is 12.9. The van der Waals surface area contributed by atoms with Crippen LogP contribution < -0.4 is 10.1 Å². The molecular weight excluding hydrogens is 426 g/mol. The minimum absolute atomic E-state index is 0.0399. The average molecular weight is 450 g/mol. The Kier molecular flexibility index (Phi) is 6.63. The Hall–Kier alpha value is -3.49. The lowest BCUT2D eigenvalue weighted by Crippen LogP contribution is -2.54. The fourth-order valence-electron chi connectivity index (χ4n) is 3.59. The fourth-order valence-corrected chi connectivity index (χ4v) is 3.86. The molecule has 2 amide bonds. The van der Waals surface area contributed by atoms with Crippen molar-refractivity contribution in [3.63, 3.8) is 0 Å². The zero-order valence-corrected chi connectivity index (χ0v) is 18.4. The molecule has 0 radical (unpaired) electrons. The summed E-state index contributed by atoms with van der Waals surface area (Å²) in [6.45, 7) is 1.68. The first-order valence-electron chi connectivity index (χ1n) is 10.2. The van der Waals surface area contributed by atoms with Gasteiger partial charge in [-0.25, -0.2) is 0 Å². The average Bonchev–Trinajstić information content (AvgIpc) is 3.15. The molecule has 2 heterocycles. The molecule has 1 fully saturated rings. The van der Waals surface area contributed by atoms with Crippen LogP contribution in [0, 0.1) is 0 Å². The lowest BCUT2D eigenvalue weighted by Gasteiger charge is -2.28. The molecule has 1 N–H and O–H groups in total. The van der Waals surface area contributed by atoms with E-state index in [-0.39, 0.29) is 17.2 Å². The summed E-state index contributed by atoms with van der Waals surface area (Å²) >= 11 is 5.15. The smallest absolute Gasteiger partial charge is 0.265 e. The zero-order chi connectivity index (χ0) is 22.5. The lowest BCUT2D eigenvalue weighted by molar-refractivity contribution is -0.129. The molecule has 164 valence electrons. The van der Waals surface area contributed by atoms with Crippen LogP contribution in [0.25, 0.3) is 17.0 Å². The highest BCUT2D eigenvalue weighted by Gasteiger charge is 2.33. The van der Waals surface area contributed by atoms with Gasteiger partial charge in [-0.15, -0.1) is 0 Å². The molecule has 0 aliphatic carbocycles. The maximum absolute atomic E-state index is 13.0. The van der Waals surface area contributed by atoms with Gasteiger partial charge in [0.15, 0.2) is 5.11 Å². The number of methoxy groups -OCH3 is 1. The van der Waals surface area contributed by atoms with Gasteiger partial charge in [-0.2, -0.15) is 0 Å². The number of nitrogens with one attached hydrogen (secondary N) is 1. The Morgan fingerprint density at radius 1 is 1.00 bits per heavy atom. The monoisotopic (exact) mass is 449 g/mol. The van der Waals surface area contributed by atoms with E-state index in [0.29, 0.717) is 19.8 Å². The van der Waals surface area contributed by atoms with E-state index in [0.717, 1.165) is 22.2 Å². The first-order chi connectivity index (χ1) is 15.6. The minimum atomic E-state index is -0.502. The molecule has 32 heavy (non-hydrogen) atoms. The van der Waals surface area contributed by atoms with Crippen molar-refractivity contribution in [3.8, 4) is 5.75 Å². The Bertz CT molecular complexity index is 1190. The number of nitrogens with zero attached hydrogens (tertiary/aromatic N) is 2. The van der Waals surface area contributed by atoms with Crippen LogP contribution in [0.5, 0.6) is 5.75 Å². The molecule has 0 atom stereocenters. The van der Waals surface area contributed by atoms with Crippen LogP contribution in [0.4, 0.5) is 0 Å². The second kappa shape index (κ2) is 9.76. The number of hydrogen-bond acceptors (Lipinski definition) is 5. The number of thiocarbonyl (C=S) groups is 1. The molecule has 1 saturated heterocycles. The molecule has 0 spiro atoms. The van der Waals surface area contributed by atoms with Gasteiger partial charge < -0.3 is 14.0 Å². The van der Waals surface area contributed by atoms with Crippen LogP contribution in [0.15, 0.2) is 66.4 Å². The number of hydrogen-bond donors (Lipinski definition) is 1. The normalized spacial score (nSPS) is 15.5. The van der Waals surface area contributed by atoms with Crippen LogP contribution in [0.1, 0.15) is 5.56 Å². The van der Waals surface area contributed by atoms with E-state index in [1.165, 1.54) is 4.90 Å². The summed E-state index contributed by atoms with van der Waals surface area (Å²) in [4.78, 5) is 26.8. The second-order valence-corrected chi connectivity index (χ2v) is 7.61. The standard InChI is InChI=1S/C24H23N3O4S/c1-30-13-12-27-23(29)20(22(28)25-24(27)32)15-17-16-26(21-10-6-5-9-19(17)21)11-14-31-18-7-3-2-4-8-18/h2-10,15-16H,11-14H2,1H3,(H,25,28,32)/b20-15+. The van der Waals surface area contributed by atoms with E-state index in [4.69, 9.17) is 21.7 Å². The summed E-state index contributed by atoms with van der Waals surface area (Å²) in [6, 6.07) is 17.5. The topological polar surface area (TPSA) is 72.8 Å². The van der Waals surface area contributed by atoms with Gasteiger partial charge in [-0.05, 0) is 36.5 Å². The Balaban J connectivity index is 1.61. The largest absolute Gasteiger partial charge is 0.492 e. The maximum atomic E-state index is 13.0. The molecule has 8 heteroatoms. The van der Waals surface area contributed by atoms with Crippen molar-refractivity contribution in [2.45, 2.75) is 6.54 Å².